The molecule has 6 heteroatoms. The van der Waals surface area contributed by atoms with Gasteiger partial charge in [-0.25, -0.2) is 0 Å². The summed E-state index contributed by atoms with van der Waals surface area (Å²) >= 11 is 0. The molecule has 1 amide bonds. The number of anilines is 1. The third-order valence-corrected chi connectivity index (χ3v) is 2.70. The molecule has 18 heavy (non-hydrogen) atoms. The van der Waals surface area contributed by atoms with Gasteiger partial charge in [0.15, 0.2) is 0 Å². The van der Waals surface area contributed by atoms with Crippen molar-refractivity contribution in [3.8, 4) is 0 Å². The van der Waals surface area contributed by atoms with Crippen molar-refractivity contribution in [2.24, 2.45) is 11.7 Å². The molecule has 98 valence electrons. The Hall–Kier alpha value is -1.95. The molecule has 0 aromatic heterocycles. The minimum absolute atomic E-state index is 0.00124. The normalized spacial score (nSPS) is 12.3. The van der Waals surface area contributed by atoms with Crippen LogP contribution >= 0.6 is 0 Å². The van der Waals surface area contributed by atoms with Crippen LogP contribution in [0.1, 0.15) is 19.4 Å². The largest absolute Gasteiger partial charge is 0.324 e. The van der Waals surface area contributed by atoms with Crippen molar-refractivity contribution in [3.05, 3.63) is 33.9 Å². The van der Waals surface area contributed by atoms with Gasteiger partial charge in [0.05, 0.1) is 11.0 Å². The zero-order valence-corrected chi connectivity index (χ0v) is 10.6. The maximum atomic E-state index is 11.8. The van der Waals surface area contributed by atoms with Crippen LogP contribution in [0.25, 0.3) is 0 Å². The van der Waals surface area contributed by atoms with Crippen molar-refractivity contribution in [3.63, 3.8) is 0 Å². The molecule has 0 saturated heterocycles. The Bertz CT molecular complexity index is 472. The highest BCUT2D eigenvalue weighted by Gasteiger charge is 2.18. The van der Waals surface area contributed by atoms with E-state index in [0.29, 0.717) is 11.3 Å². The molecule has 1 aromatic carbocycles. The summed E-state index contributed by atoms with van der Waals surface area (Å²) in [5.41, 5.74) is 6.89. The highest BCUT2D eigenvalue weighted by atomic mass is 16.6. The van der Waals surface area contributed by atoms with Crippen LogP contribution in [0.15, 0.2) is 18.2 Å². The quantitative estimate of drug-likeness (QED) is 0.630. The SMILES string of the molecule is Cc1cc([N+](=O)[O-])ccc1NC(=O)C(N)C(C)C. The molecule has 0 aliphatic carbocycles. The summed E-state index contributed by atoms with van der Waals surface area (Å²) in [4.78, 5) is 21.9. The summed E-state index contributed by atoms with van der Waals surface area (Å²) in [6.45, 7) is 5.41. The number of aryl methyl sites for hydroxylation is 1. The second kappa shape index (κ2) is 5.59. The molecular weight excluding hydrogens is 234 g/mol. The molecule has 0 aliphatic rings. The van der Waals surface area contributed by atoms with Crippen molar-refractivity contribution >= 4 is 17.3 Å². The molecule has 0 saturated carbocycles. The lowest BCUT2D eigenvalue weighted by Gasteiger charge is -2.16. The van der Waals surface area contributed by atoms with Crippen LogP contribution in [0.3, 0.4) is 0 Å². The molecule has 1 unspecified atom stereocenters. The van der Waals surface area contributed by atoms with Crippen molar-refractivity contribution < 1.29 is 9.72 Å². The first-order valence-electron chi connectivity index (χ1n) is 5.64. The number of hydrogen-bond acceptors (Lipinski definition) is 4. The predicted octanol–water partition coefficient (Wildman–Crippen LogP) is 1.83. The maximum Gasteiger partial charge on any atom is 0.269 e. The van der Waals surface area contributed by atoms with Crippen LogP contribution < -0.4 is 11.1 Å². The standard InChI is InChI=1S/C12H17N3O3/c1-7(2)11(13)12(16)14-10-5-4-9(15(17)18)6-8(10)3/h4-7,11H,13H2,1-3H3,(H,14,16). The summed E-state index contributed by atoms with van der Waals surface area (Å²) in [6.07, 6.45) is 0. The fourth-order valence-electron chi connectivity index (χ4n) is 1.42. The lowest BCUT2D eigenvalue weighted by atomic mass is 10.0. The molecule has 6 nitrogen and oxygen atoms in total. The van der Waals surface area contributed by atoms with Gasteiger partial charge in [0.2, 0.25) is 5.91 Å². The van der Waals surface area contributed by atoms with E-state index in [1.807, 2.05) is 13.8 Å². The van der Waals surface area contributed by atoms with Crippen LogP contribution in [0, 0.1) is 23.0 Å². The molecule has 1 atom stereocenters. The Kier molecular flexibility index (Phi) is 4.38. The Morgan fingerprint density at radius 3 is 2.50 bits per heavy atom. The van der Waals surface area contributed by atoms with E-state index in [4.69, 9.17) is 5.73 Å². The summed E-state index contributed by atoms with van der Waals surface area (Å²) < 4.78 is 0. The number of nitro groups is 1. The molecule has 0 fully saturated rings. The molecule has 0 aliphatic heterocycles. The van der Waals surface area contributed by atoms with Crippen molar-refractivity contribution in [1.82, 2.24) is 0 Å². The van der Waals surface area contributed by atoms with Gasteiger partial charge in [-0.15, -0.1) is 0 Å². The van der Waals surface area contributed by atoms with E-state index in [2.05, 4.69) is 5.32 Å². The molecule has 1 rings (SSSR count). The van der Waals surface area contributed by atoms with E-state index in [1.54, 1.807) is 6.92 Å². The van der Waals surface area contributed by atoms with Gasteiger partial charge in [0.1, 0.15) is 0 Å². The van der Waals surface area contributed by atoms with E-state index in [0.717, 1.165) is 0 Å². The maximum absolute atomic E-state index is 11.8. The summed E-state index contributed by atoms with van der Waals surface area (Å²) in [7, 11) is 0. The first-order valence-corrected chi connectivity index (χ1v) is 5.64. The highest BCUT2D eigenvalue weighted by Crippen LogP contribution is 2.21. The fraction of sp³-hybridized carbons (Fsp3) is 0.417. The number of carbonyl (C=O) groups is 1. The first-order chi connectivity index (χ1) is 8.32. The topological polar surface area (TPSA) is 98.3 Å². The third kappa shape index (κ3) is 3.27. The number of nitro benzene ring substituents is 1. The monoisotopic (exact) mass is 251 g/mol. The molecule has 0 radical (unpaired) electrons. The van der Waals surface area contributed by atoms with Crippen LogP contribution in [0.2, 0.25) is 0 Å². The Morgan fingerprint density at radius 1 is 1.44 bits per heavy atom. The number of rotatable bonds is 4. The second-order valence-corrected chi connectivity index (χ2v) is 4.52. The number of amides is 1. The third-order valence-electron chi connectivity index (χ3n) is 2.70. The average Bonchev–Trinajstić information content (AvgIpc) is 2.30. The van der Waals surface area contributed by atoms with Gasteiger partial charge in [-0.05, 0) is 24.5 Å². The molecule has 1 aromatic rings. The van der Waals surface area contributed by atoms with Crippen LogP contribution in [0.5, 0.6) is 0 Å². The van der Waals surface area contributed by atoms with Crippen molar-refractivity contribution in [2.45, 2.75) is 26.8 Å². The van der Waals surface area contributed by atoms with Crippen molar-refractivity contribution in [2.75, 3.05) is 5.32 Å². The number of nitrogens with one attached hydrogen (secondary N) is 1. The predicted molar refractivity (Wildman–Crippen MR) is 69.3 cm³/mol. The Labute approximate surface area is 105 Å². The fourth-order valence-corrected chi connectivity index (χ4v) is 1.42. The Balaban J connectivity index is 2.86. The number of nitrogens with zero attached hydrogens (tertiary/aromatic N) is 1. The minimum Gasteiger partial charge on any atom is -0.324 e. The molecular formula is C12H17N3O3. The van der Waals surface area contributed by atoms with Gasteiger partial charge in [0, 0.05) is 17.8 Å². The molecule has 0 heterocycles. The van der Waals surface area contributed by atoms with Crippen LogP contribution in [-0.2, 0) is 4.79 Å². The van der Waals surface area contributed by atoms with E-state index >= 15 is 0 Å². The van der Waals surface area contributed by atoms with Gasteiger partial charge >= 0.3 is 0 Å². The van der Waals surface area contributed by atoms with Crippen LogP contribution in [-0.4, -0.2) is 16.9 Å². The summed E-state index contributed by atoms with van der Waals surface area (Å²) in [5, 5.41) is 13.3. The van der Waals surface area contributed by atoms with E-state index in [-0.39, 0.29) is 17.5 Å². The van der Waals surface area contributed by atoms with Crippen molar-refractivity contribution in [1.29, 1.82) is 0 Å². The van der Waals surface area contributed by atoms with Gasteiger partial charge < -0.3 is 11.1 Å². The number of hydrogen-bond donors (Lipinski definition) is 2. The lowest BCUT2D eigenvalue weighted by Crippen LogP contribution is -2.39. The first kappa shape index (κ1) is 14.1. The number of non-ortho nitro benzene ring substituents is 1. The second-order valence-electron chi connectivity index (χ2n) is 4.52. The van der Waals surface area contributed by atoms with Gasteiger partial charge in [-0.3, -0.25) is 14.9 Å². The van der Waals surface area contributed by atoms with Gasteiger partial charge in [0.25, 0.3) is 5.69 Å². The van der Waals surface area contributed by atoms with Gasteiger partial charge in [-0.2, -0.15) is 0 Å². The van der Waals surface area contributed by atoms with E-state index in [1.165, 1.54) is 18.2 Å². The zero-order valence-electron chi connectivity index (χ0n) is 10.6. The smallest absolute Gasteiger partial charge is 0.269 e. The highest BCUT2D eigenvalue weighted by molar-refractivity contribution is 5.95. The summed E-state index contributed by atoms with van der Waals surface area (Å²) in [6, 6.07) is 3.68. The minimum atomic E-state index is -0.598. The Morgan fingerprint density at radius 2 is 2.06 bits per heavy atom. The molecule has 3 N–H and O–H groups in total. The number of nitrogens with two attached hydrogens (primary N) is 1. The number of benzene rings is 1. The summed E-state index contributed by atoms with van der Waals surface area (Å²) in [5.74, 6) is -0.259. The molecule has 0 bridgehead atoms. The lowest BCUT2D eigenvalue weighted by molar-refractivity contribution is -0.384. The molecule has 0 spiro atoms. The van der Waals surface area contributed by atoms with Gasteiger partial charge in [-0.1, -0.05) is 13.8 Å². The average molecular weight is 251 g/mol. The van der Waals surface area contributed by atoms with Crippen LogP contribution in [0.4, 0.5) is 11.4 Å². The zero-order chi connectivity index (χ0) is 13.9. The van der Waals surface area contributed by atoms with E-state index in [9.17, 15) is 14.9 Å². The number of carbonyl (C=O) groups excluding carboxylic acids is 1. The van der Waals surface area contributed by atoms with E-state index < -0.39 is 11.0 Å².